The van der Waals surface area contributed by atoms with Crippen LogP contribution < -0.4 is 5.43 Å². The Kier molecular flexibility index (Phi) is 5.58. The summed E-state index contributed by atoms with van der Waals surface area (Å²) in [7, 11) is 1.89. The molecule has 3 rings (SSSR count). The number of aromatic nitrogens is 3. The minimum atomic E-state index is -0.193. The number of benzene rings is 2. The molecule has 0 aliphatic heterocycles. The molecule has 7 heteroatoms. The van der Waals surface area contributed by atoms with Crippen molar-refractivity contribution in [2.24, 2.45) is 12.1 Å². The molecule has 6 nitrogen and oxygen atoms in total. The van der Waals surface area contributed by atoms with Gasteiger partial charge in [-0.2, -0.15) is 5.10 Å². The number of hydrazone groups is 1. The van der Waals surface area contributed by atoms with Crippen molar-refractivity contribution in [2.45, 2.75) is 5.16 Å². The van der Waals surface area contributed by atoms with Crippen LogP contribution in [0.5, 0.6) is 0 Å². The van der Waals surface area contributed by atoms with Crippen LogP contribution in [0, 0.1) is 0 Å². The van der Waals surface area contributed by atoms with Gasteiger partial charge in [0.2, 0.25) is 0 Å². The van der Waals surface area contributed by atoms with E-state index in [0.717, 1.165) is 17.0 Å². The molecule has 0 fully saturated rings. The molecule has 126 valence electrons. The molecule has 0 saturated heterocycles. The van der Waals surface area contributed by atoms with Gasteiger partial charge in [-0.1, -0.05) is 72.4 Å². The third-order valence-electron chi connectivity index (χ3n) is 3.40. The van der Waals surface area contributed by atoms with Crippen LogP contribution >= 0.6 is 11.8 Å². The summed E-state index contributed by atoms with van der Waals surface area (Å²) in [6, 6.07) is 19.4. The molecule has 1 N–H and O–H groups in total. The van der Waals surface area contributed by atoms with E-state index in [1.165, 1.54) is 11.8 Å². The lowest BCUT2D eigenvalue weighted by atomic mass is 10.2. The van der Waals surface area contributed by atoms with E-state index in [-0.39, 0.29) is 11.7 Å². The molecule has 0 aliphatic carbocycles. The van der Waals surface area contributed by atoms with Gasteiger partial charge in [0.05, 0.1) is 12.0 Å². The van der Waals surface area contributed by atoms with Crippen molar-refractivity contribution in [1.82, 2.24) is 20.2 Å². The highest BCUT2D eigenvalue weighted by Gasteiger charge is 2.12. The number of hydrogen-bond acceptors (Lipinski definition) is 5. The number of nitrogens with zero attached hydrogens (tertiary/aromatic N) is 4. The SMILES string of the molecule is Cn1c(SCC(=O)NN=Cc2ccccc2)nnc1-c1ccccc1. The monoisotopic (exact) mass is 351 g/mol. The summed E-state index contributed by atoms with van der Waals surface area (Å²) in [6.45, 7) is 0. The van der Waals surface area contributed by atoms with E-state index >= 15 is 0 Å². The number of rotatable bonds is 6. The molecule has 3 aromatic rings. The molecule has 0 radical (unpaired) electrons. The van der Waals surface area contributed by atoms with Gasteiger partial charge in [0.15, 0.2) is 11.0 Å². The van der Waals surface area contributed by atoms with Crippen molar-refractivity contribution < 1.29 is 4.79 Å². The lowest BCUT2D eigenvalue weighted by molar-refractivity contribution is -0.118. The second kappa shape index (κ2) is 8.25. The third-order valence-corrected chi connectivity index (χ3v) is 4.42. The van der Waals surface area contributed by atoms with Gasteiger partial charge >= 0.3 is 0 Å². The van der Waals surface area contributed by atoms with Crippen LogP contribution in [0.1, 0.15) is 5.56 Å². The smallest absolute Gasteiger partial charge is 0.250 e. The van der Waals surface area contributed by atoms with E-state index in [1.54, 1.807) is 6.21 Å². The van der Waals surface area contributed by atoms with Crippen LogP contribution in [0.25, 0.3) is 11.4 Å². The third kappa shape index (κ3) is 4.54. The molecule has 0 saturated carbocycles. The predicted octanol–water partition coefficient (Wildman–Crippen LogP) is 2.72. The van der Waals surface area contributed by atoms with Gasteiger partial charge in [-0.05, 0) is 5.56 Å². The van der Waals surface area contributed by atoms with Crippen LogP contribution in [-0.2, 0) is 11.8 Å². The topological polar surface area (TPSA) is 72.2 Å². The standard InChI is InChI=1S/C18H17N5OS/c1-23-17(15-10-6-3-7-11-15)21-22-18(23)25-13-16(24)20-19-12-14-8-4-2-5-9-14/h2-12H,13H2,1H3,(H,20,24). The van der Waals surface area contributed by atoms with Crippen molar-refractivity contribution in [3.63, 3.8) is 0 Å². The Labute approximate surface area is 150 Å². The summed E-state index contributed by atoms with van der Waals surface area (Å²) in [6.07, 6.45) is 1.61. The molecule has 1 aromatic heterocycles. The Morgan fingerprint density at radius 1 is 1.12 bits per heavy atom. The average molecular weight is 351 g/mol. The van der Waals surface area contributed by atoms with E-state index in [2.05, 4.69) is 20.7 Å². The van der Waals surface area contributed by atoms with Gasteiger partial charge in [-0.25, -0.2) is 5.43 Å². The maximum atomic E-state index is 11.9. The van der Waals surface area contributed by atoms with Crippen LogP contribution in [0.2, 0.25) is 0 Å². The number of carbonyl (C=O) groups excluding carboxylic acids is 1. The first kappa shape index (κ1) is 16.9. The first-order chi connectivity index (χ1) is 12.2. The molecule has 0 aliphatic rings. The van der Waals surface area contributed by atoms with E-state index in [4.69, 9.17) is 0 Å². The zero-order valence-corrected chi connectivity index (χ0v) is 14.5. The predicted molar refractivity (Wildman–Crippen MR) is 99.3 cm³/mol. The van der Waals surface area contributed by atoms with Crippen molar-refractivity contribution in [2.75, 3.05) is 5.75 Å². The van der Waals surface area contributed by atoms with E-state index < -0.39 is 0 Å². The van der Waals surface area contributed by atoms with Gasteiger partial charge in [0, 0.05) is 12.6 Å². The zero-order valence-electron chi connectivity index (χ0n) is 13.7. The first-order valence-corrected chi connectivity index (χ1v) is 8.67. The second-order valence-electron chi connectivity index (χ2n) is 5.22. The largest absolute Gasteiger partial charge is 0.305 e. The fraction of sp³-hybridized carbons (Fsp3) is 0.111. The summed E-state index contributed by atoms with van der Waals surface area (Å²) in [5, 5.41) is 13.0. The van der Waals surface area contributed by atoms with Crippen molar-refractivity contribution in [3.8, 4) is 11.4 Å². The average Bonchev–Trinajstić information content (AvgIpc) is 3.02. The zero-order chi connectivity index (χ0) is 17.5. The fourth-order valence-electron chi connectivity index (χ4n) is 2.16. The van der Waals surface area contributed by atoms with Gasteiger partial charge in [0.1, 0.15) is 0 Å². The molecular formula is C18H17N5OS. The molecule has 2 aromatic carbocycles. The van der Waals surface area contributed by atoms with Gasteiger partial charge in [0.25, 0.3) is 5.91 Å². The molecule has 25 heavy (non-hydrogen) atoms. The van der Waals surface area contributed by atoms with E-state index in [9.17, 15) is 4.79 Å². The minimum Gasteiger partial charge on any atom is -0.305 e. The van der Waals surface area contributed by atoms with Gasteiger partial charge < -0.3 is 4.57 Å². The van der Waals surface area contributed by atoms with Crippen molar-refractivity contribution in [3.05, 3.63) is 66.2 Å². The molecule has 1 amide bonds. The number of amides is 1. The Morgan fingerprint density at radius 2 is 1.80 bits per heavy atom. The summed E-state index contributed by atoms with van der Waals surface area (Å²) in [4.78, 5) is 11.9. The van der Waals surface area contributed by atoms with Gasteiger partial charge in [-0.3, -0.25) is 4.79 Å². The van der Waals surface area contributed by atoms with E-state index in [0.29, 0.717) is 5.16 Å². The summed E-state index contributed by atoms with van der Waals surface area (Å²) in [5.74, 6) is 0.791. The Bertz CT molecular complexity index is 862. The summed E-state index contributed by atoms with van der Waals surface area (Å²) in [5.41, 5.74) is 4.43. The van der Waals surface area contributed by atoms with Crippen molar-refractivity contribution in [1.29, 1.82) is 0 Å². The summed E-state index contributed by atoms with van der Waals surface area (Å²) >= 11 is 1.32. The molecule has 0 bridgehead atoms. The second-order valence-corrected chi connectivity index (χ2v) is 6.17. The number of nitrogens with one attached hydrogen (secondary N) is 1. The molecular weight excluding hydrogens is 334 g/mol. The number of thioether (sulfide) groups is 1. The lowest BCUT2D eigenvalue weighted by Crippen LogP contribution is -2.19. The number of hydrogen-bond donors (Lipinski definition) is 1. The van der Waals surface area contributed by atoms with Crippen LogP contribution in [0.15, 0.2) is 70.9 Å². The van der Waals surface area contributed by atoms with Crippen LogP contribution in [0.3, 0.4) is 0 Å². The molecule has 0 unspecified atom stereocenters. The highest BCUT2D eigenvalue weighted by Crippen LogP contribution is 2.22. The molecule has 0 spiro atoms. The quantitative estimate of drug-likeness (QED) is 0.421. The first-order valence-electron chi connectivity index (χ1n) is 7.68. The minimum absolute atomic E-state index is 0.193. The number of carbonyl (C=O) groups is 1. The Hall–Kier alpha value is -2.93. The summed E-state index contributed by atoms with van der Waals surface area (Å²) < 4.78 is 1.88. The molecule has 1 heterocycles. The van der Waals surface area contributed by atoms with Crippen molar-refractivity contribution >= 4 is 23.9 Å². The van der Waals surface area contributed by atoms with Gasteiger partial charge in [-0.15, -0.1) is 10.2 Å². The van der Waals surface area contributed by atoms with Crippen LogP contribution in [0.4, 0.5) is 0 Å². The maximum Gasteiger partial charge on any atom is 0.250 e. The van der Waals surface area contributed by atoms with E-state index in [1.807, 2.05) is 72.3 Å². The highest BCUT2D eigenvalue weighted by atomic mass is 32.2. The normalized spacial score (nSPS) is 10.9. The molecule has 0 atom stereocenters. The fourth-order valence-corrected chi connectivity index (χ4v) is 2.86. The lowest BCUT2D eigenvalue weighted by Gasteiger charge is -2.03. The Balaban J connectivity index is 1.54. The Morgan fingerprint density at radius 3 is 2.52 bits per heavy atom. The highest BCUT2D eigenvalue weighted by molar-refractivity contribution is 7.99. The van der Waals surface area contributed by atoms with Crippen LogP contribution in [-0.4, -0.2) is 32.6 Å². The maximum absolute atomic E-state index is 11.9.